The van der Waals surface area contributed by atoms with Gasteiger partial charge >= 0.3 is 11.9 Å². The number of esters is 1. The van der Waals surface area contributed by atoms with E-state index < -0.39 is 11.9 Å². The van der Waals surface area contributed by atoms with Crippen LogP contribution >= 0.6 is 0 Å². The van der Waals surface area contributed by atoms with Gasteiger partial charge in [-0.15, -0.1) is 0 Å². The van der Waals surface area contributed by atoms with Crippen LogP contribution in [0.15, 0.2) is 6.20 Å². The number of nitrogens with zero attached hydrogens (tertiary/aromatic N) is 3. The lowest BCUT2D eigenvalue weighted by Crippen LogP contribution is -2.13. The number of imidazole rings is 1. The van der Waals surface area contributed by atoms with Gasteiger partial charge in [-0.05, 0) is 20.8 Å². The first-order valence-electron chi connectivity index (χ1n) is 5.72. The third kappa shape index (κ3) is 2.14. The lowest BCUT2D eigenvalue weighted by Gasteiger charge is -2.09. The Morgan fingerprint density at radius 2 is 2.05 bits per heavy atom. The molecule has 0 aliphatic heterocycles. The minimum Gasteiger partial charge on any atom is -0.476 e. The first kappa shape index (κ1) is 13.0. The molecule has 100 valence electrons. The van der Waals surface area contributed by atoms with Crippen LogP contribution in [-0.4, -0.2) is 38.0 Å². The molecule has 0 aliphatic rings. The molecule has 2 aromatic heterocycles. The molecule has 0 spiro atoms. The van der Waals surface area contributed by atoms with E-state index in [2.05, 4.69) is 9.97 Å². The Bertz CT molecular complexity index is 675. The first-order chi connectivity index (χ1) is 8.95. The van der Waals surface area contributed by atoms with Crippen LogP contribution in [0, 0.1) is 13.8 Å². The highest BCUT2D eigenvalue weighted by Crippen LogP contribution is 2.16. The van der Waals surface area contributed by atoms with Crippen LogP contribution in [0.2, 0.25) is 0 Å². The molecule has 0 radical (unpaired) electrons. The van der Waals surface area contributed by atoms with Crippen molar-refractivity contribution in [2.45, 2.75) is 20.8 Å². The van der Waals surface area contributed by atoms with Gasteiger partial charge in [-0.3, -0.25) is 4.40 Å². The van der Waals surface area contributed by atoms with Gasteiger partial charge in [-0.2, -0.15) is 0 Å². The molecule has 1 N–H and O–H groups in total. The lowest BCUT2D eigenvalue weighted by atomic mass is 10.2. The number of aromatic carboxylic acids is 1. The van der Waals surface area contributed by atoms with Gasteiger partial charge in [0.2, 0.25) is 5.78 Å². The molecular weight excluding hydrogens is 250 g/mol. The summed E-state index contributed by atoms with van der Waals surface area (Å²) in [5, 5.41) is 8.91. The topological polar surface area (TPSA) is 93.8 Å². The molecule has 0 aliphatic carbocycles. The monoisotopic (exact) mass is 263 g/mol. The maximum absolute atomic E-state index is 11.9. The van der Waals surface area contributed by atoms with Gasteiger partial charge in [-0.25, -0.2) is 19.6 Å². The molecule has 19 heavy (non-hydrogen) atoms. The number of carboxylic acids is 1. The van der Waals surface area contributed by atoms with Crippen LogP contribution in [0.3, 0.4) is 0 Å². The molecule has 0 unspecified atom stereocenters. The molecule has 2 rings (SSSR count). The van der Waals surface area contributed by atoms with Gasteiger partial charge in [0.05, 0.1) is 12.3 Å². The summed E-state index contributed by atoms with van der Waals surface area (Å²) in [7, 11) is 0. The van der Waals surface area contributed by atoms with Crippen molar-refractivity contribution >= 4 is 17.7 Å². The fraction of sp³-hybridized carbons (Fsp3) is 0.333. The summed E-state index contributed by atoms with van der Waals surface area (Å²) in [5.41, 5.74) is 1.24. The predicted octanol–water partition coefficient (Wildman–Crippen LogP) is 1.22. The second-order valence-corrected chi connectivity index (χ2v) is 3.98. The van der Waals surface area contributed by atoms with E-state index in [1.54, 1.807) is 20.8 Å². The lowest BCUT2D eigenvalue weighted by molar-refractivity contribution is 0.0523. The first-order valence-corrected chi connectivity index (χ1v) is 5.72. The van der Waals surface area contributed by atoms with E-state index in [1.807, 2.05) is 0 Å². The van der Waals surface area contributed by atoms with E-state index >= 15 is 0 Å². The number of fused-ring (bicyclic) bond motifs is 1. The molecule has 7 nitrogen and oxygen atoms in total. The van der Waals surface area contributed by atoms with Crippen LogP contribution in [0.5, 0.6) is 0 Å². The number of carbonyl (C=O) groups excluding carboxylic acids is 1. The summed E-state index contributed by atoms with van der Waals surface area (Å²) in [6.45, 7) is 5.34. The average Bonchev–Trinajstić information content (AvgIpc) is 2.73. The van der Waals surface area contributed by atoms with Crippen molar-refractivity contribution in [3.05, 3.63) is 28.8 Å². The standard InChI is InChI=1S/C12H13N3O4/c1-4-19-11(18)9-6(2)13-12-14-8(10(16)17)5-15(12)7(9)3/h5H,4H2,1-3H3,(H,16,17). The smallest absolute Gasteiger partial charge is 0.356 e. The Labute approximate surface area is 108 Å². The van der Waals surface area contributed by atoms with Crippen LogP contribution in [0.1, 0.15) is 39.2 Å². The van der Waals surface area contributed by atoms with E-state index in [0.717, 1.165) is 0 Å². The molecule has 0 saturated heterocycles. The SMILES string of the molecule is CCOC(=O)c1c(C)nc2nc(C(=O)O)cn2c1C. The van der Waals surface area contributed by atoms with E-state index in [0.29, 0.717) is 17.0 Å². The highest BCUT2D eigenvalue weighted by Gasteiger charge is 2.20. The Morgan fingerprint density at radius 3 is 2.63 bits per heavy atom. The Kier molecular flexibility index (Phi) is 3.20. The quantitative estimate of drug-likeness (QED) is 0.837. The van der Waals surface area contributed by atoms with Gasteiger partial charge in [0.1, 0.15) is 5.56 Å². The number of rotatable bonds is 3. The number of hydrogen-bond donors (Lipinski definition) is 1. The normalized spacial score (nSPS) is 10.7. The number of ether oxygens (including phenoxy) is 1. The number of hydrogen-bond acceptors (Lipinski definition) is 5. The zero-order chi connectivity index (χ0) is 14.2. The van der Waals surface area contributed by atoms with Gasteiger partial charge in [0.15, 0.2) is 5.69 Å². The largest absolute Gasteiger partial charge is 0.476 e. The molecular formula is C12H13N3O4. The van der Waals surface area contributed by atoms with Crippen molar-refractivity contribution in [1.82, 2.24) is 14.4 Å². The van der Waals surface area contributed by atoms with E-state index in [9.17, 15) is 9.59 Å². The summed E-state index contributed by atoms with van der Waals surface area (Å²) in [4.78, 5) is 30.8. The fourth-order valence-corrected chi connectivity index (χ4v) is 1.89. The van der Waals surface area contributed by atoms with Crippen LogP contribution in [0.4, 0.5) is 0 Å². The molecule has 2 heterocycles. The molecule has 0 fully saturated rings. The van der Waals surface area contributed by atoms with Gasteiger partial charge in [0.25, 0.3) is 0 Å². The molecule has 7 heteroatoms. The third-order valence-electron chi connectivity index (χ3n) is 2.74. The summed E-state index contributed by atoms with van der Waals surface area (Å²) >= 11 is 0. The van der Waals surface area contributed by atoms with Crippen LogP contribution < -0.4 is 0 Å². The van der Waals surface area contributed by atoms with Crippen molar-refractivity contribution in [2.75, 3.05) is 6.61 Å². The maximum Gasteiger partial charge on any atom is 0.356 e. The molecule has 0 saturated carbocycles. The van der Waals surface area contributed by atoms with E-state index in [-0.39, 0.29) is 18.1 Å². The Hall–Kier alpha value is -2.44. The summed E-state index contributed by atoms with van der Waals surface area (Å²) in [6, 6.07) is 0. The second-order valence-electron chi connectivity index (χ2n) is 3.98. The zero-order valence-electron chi connectivity index (χ0n) is 10.8. The number of aryl methyl sites for hydroxylation is 2. The minimum atomic E-state index is -1.14. The average molecular weight is 263 g/mol. The maximum atomic E-state index is 11.9. The highest BCUT2D eigenvalue weighted by molar-refractivity contribution is 5.92. The van der Waals surface area contributed by atoms with Gasteiger partial charge in [-0.1, -0.05) is 0 Å². The van der Waals surface area contributed by atoms with Crippen molar-refractivity contribution in [2.24, 2.45) is 0 Å². The Balaban J connectivity index is 2.67. The number of aromatic nitrogens is 3. The van der Waals surface area contributed by atoms with Gasteiger partial charge in [0, 0.05) is 11.9 Å². The molecule has 2 aromatic rings. The van der Waals surface area contributed by atoms with Crippen molar-refractivity contribution in [3.8, 4) is 0 Å². The molecule has 0 bridgehead atoms. The van der Waals surface area contributed by atoms with Crippen molar-refractivity contribution < 1.29 is 19.4 Å². The summed E-state index contributed by atoms with van der Waals surface area (Å²) in [5.74, 6) is -1.36. The minimum absolute atomic E-state index is 0.115. The third-order valence-corrected chi connectivity index (χ3v) is 2.74. The molecule has 0 aromatic carbocycles. The van der Waals surface area contributed by atoms with E-state index in [4.69, 9.17) is 9.84 Å². The predicted molar refractivity (Wildman–Crippen MR) is 65.4 cm³/mol. The Morgan fingerprint density at radius 1 is 1.37 bits per heavy atom. The highest BCUT2D eigenvalue weighted by atomic mass is 16.5. The molecule has 0 amide bonds. The molecule has 0 atom stereocenters. The number of carbonyl (C=O) groups is 2. The number of carboxylic acid groups (broad SMARTS) is 1. The van der Waals surface area contributed by atoms with Crippen LogP contribution in [-0.2, 0) is 4.74 Å². The zero-order valence-corrected chi connectivity index (χ0v) is 10.8. The van der Waals surface area contributed by atoms with Gasteiger partial charge < -0.3 is 9.84 Å². The fourth-order valence-electron chi connectivity index (χ4n) is 1.89. The summed E-state index contributed by atoms with van der Waals surface area (Å²) in [6.07, 6.45) is 1.34. The van der Waals surface area contributed by atoms with Crippen molar-refractivity contribution in [3.63, 3.8) is 0 Å². The second kappa shape index (κ2) is 4.68. The van der Waals surface area contributed by atoms with Crippen molar-refractivity contribution in [1.29, 1.82) is 0 Å². The van der Waals surface area contributed by atoms with E-state index in [1.165, 1.54) is 10.6 Å². The van der Waals surface area contributed by atoms with Crippen LogP contribution in [0.25, 0.3) is 5.78 Å². The summed E-state index contributed by atoms with van der Waals surface area (Å²) < 4.78 is 6.44.